The molecule has 0 aromatic carbocycles. The molecule has 0 bridgehead atoms. The number of unbranched alkanes of at least 4 members (excludes halogenated alkanes) is 10. The van der Waals surface area contributed by atoms with Gasteiger partial charge in [-0.1, -0.05) is 79.1 Å². The Bertz CT molecular complexity index is 268. The highest BCUT2D eigenvalue weighted by Crippen LogP contribution is 2.35. The first kappa shape index (κ1) is 23.0. The van der Waals surface area contributed by atoms with Gasteiger partial charge in [-0.15, -0.1) is 0 Å². The minimum Gasteiger partial charge on any atom is -0.323 e. The van der Waals surface area contributed by atoms with Gasteiger partial charge in [-0.2, -0.15) is 0 Å². The Morgan fingerprint density at radius 1 is 0.520 bits per heavy atom. The Kier molecular flexibility index (Phi) is 12.9. The van der Waals surface area contributed by atoms with Gasteiger partial charge in [0.05, 0.1) is 26.2 Å². The van der Waals surface area contributed by atoms with Gasteiger partial charge in [-0.3, -0.25) is 0 Å². The molecule has 0 amide bonds. The van der Waals surface area contributed by atoms with Gasteiger partial charge in [0.1, 0.15) is 0 Å². The molecule has 150 valence electrons. The lowest BCUT2D eigenvalue weighted by atomic mass is 9.92. The van der Waals surface area contributed by atoms with Crippen molar-refractivity contribution in [3.63, 3.8) is 0 Å². The summed E-state index contributed by atoms with van der Waals surface area (Å²) in [5.74, 6) is 2.01. The van der Waals surface area contributed by atoms with Crippen LogP contribution in [0.25, 0.3) is 0 Å². The van der Waals surface area contributed by atoms with Crippen LogP contribution in [0.15, 0.2) is 0 Å². The van der Waals surface area contributed by atoms with E-state index in [2.05, 4.69) is 27.7 Å². The predicted octanol–water partition coefficient (Wildman–Crippen LogP) is 7.59. The third-order valence-electron chi connectivity index (χ3n) is 6.93. The number of likely N-dealkylation sites (tertiary alicyclic amines) is 1. The first-order chi connectivity index (χ1) is 12.2. The van der Waals surface area contributed by atoms with Crippen molar-refractivity contribution in [2.75, 3.05) is 26.2 Å². The largest absolute Gasteiger partial charge is 0.323 e. The van der Waals surface area contributed by atoms with Crippen molar-refractivity contribution in [3.05, 3.63) is 0 Å². The van der Waals surface area contributed by atoms with Gasteiger partial charge in [0.15, 0.2) is 0 Å². The van der Waals surface area contributed by atoms with Crippen LogP contribution in [0.3, 0.4) is 0 Å². The fourth-order valence-corrected chi connectivity index (χ4v) is 5.22. The van der Waals surface area contributed by atoms with E-state index in [-0.39, 0.29) is 0 Å². The normalized spacial score (nSPS) is 22.6. The van der Waals surface area contributed by atoms with E-state index in [1.54, 1.807) is 0 Å². The Morgan fingerprint density at radius 2 is 0.880 bits per heavy atom. The second-order valence-corrected chi connectivity index (χ2v) is 9.03. The molecule has 0 saturated carbocycles. The lowest BCUT2D eigenvalue weighted by molar-refractivity contribution is -0.919. The van der Waals surface area contributed by atoms with Crippen molar-refractivity contribution in [3.8, 4) is 0 Å². The maximum Gasteiger partial charge on any atom is 0.0820 e. The highest BCUT2D eigenvalue weighted by molar-refractivity contribution is 4.75. The first-order valence-electron chi connectivity index (χ1n) is 12.1. The molecule has 1 fully saturated rings. The third kappa shape index (κ3) is 8.94. The summed E-state index contributed by atoms with van der Waals surface area (Å²) in [5.41, 5.74) is 0. The maximum absolute atomic E-state index is 2.43. The van der Waals surface area contributed by atoms with Crippen LogP contribution in [0.2, 0.25) is 0 Å². The molecule has 0 N–H and O–H groups in total. The fourth-order valence-electron chi connectivity index (χ4n) is 5.22. The average molecular weight is 353 g/mol. The highest BCUT2D eigenvalue weighted by Gasteiger charge is 2.42. The van der Waals surface area contributed by atoms with Crippen LogP contribution in [-0.4, -0.2) is 30.7 Å². The fraction of sp³-hybridized carbons (Fsp3) is 1.00. The molecule has 2 unspecified atom stereocenters. The molecular weight excluding hydrogens is 302 g/mol. The summed E-state index contributed by atoms with van der Waals surface area (Å²) in [4.78, 5) is 0. The number of nitrogens with zero attached hydrogens (tertiary/aromatic N) is 1. The summed E-state index contributed by atoms with van der Waals surface area (Å²) in [6.45, 7) is 15.5. The summed E-state index contributed by atoms with van der Waals surface area (Å²) in [7, 11) is 0. The molecule has 1 heteroatoms. The van der Waals surface area contributed by atoms with Crippen LogP contribution in [0.1, 0.15) is 118 Å². The molecule has 1 aliphatic rings. The van der Waals surface area contributed by atoms with Crippen LogP contribution in [0.5, 0.6) is 0 Å². The lowest BCUT2D eigenvalue weighted by Gasteiger charge is -2.35. The van der Waals surface area contributed by atoms with Gasteiger partial charge in [-0.25, -0.2) is 0 Å². The molecular formula is C24H50N+. The van der Waals surface area contributed by atoms with Crippen molar-refractivity contribution in [1.29, 1.82) is 0 Å². The molecule has 0 aromatic rings. The smallest absolute Gasteiger partial charge is 0.0820 e. The van der Waals surface area contributed by atoms with E-state index in [9.17, 15) is 0 Å². The van der Waals surface area contributed by atoms with Crippen molar-refractivity contribution in [1.82, 2.24) is 0 Å². The Labute approximate surface area is 160 Å². The molecule has 2 atom stereocenters. The molecule has 1 nitrogen and oxygen atoms in total. The Hall–Kier alpha value is -0.0400. The molecule has 0 aliphatic carbocycles. The number of hydrogen-bond donors (Lipinski definition) is 0. The first-order valence-corrected chi connectivity index (χ1v) is 12.1. The van der Waals surface area contributed by atoms with E-state index in [0.29, 0.717) is 0 Å². The van der Waals surface area contributed by atoms with Gasteiger partial charge in [0, 0.05) is 11.8 Å². The van der Waals surface area contributed by atoms with Crippen LogP contribution in [0.4, 0.5) is 0 Å². The van der Waals surface area contributed by atoms with E-state index in [0.717, 1.165) is 11.8 Å². The Balaban J connectivity index is 2.41. The summed E-state index contributed by atoms with van der Waals surface area (Å²) in [5, 5.41) is 0. The maximum atomic E-state index is 2.43. The molecule has 1 rings (SSSR count). The molecule has 0 aromatic heterocycles. The molecule has 1 aliphatic heterocycles. The highest BCUT2D eigenvalue weighted by atomic mass is 15.4. The number of hydrogen-bond acceptors (Lipinski definition) is 0. The van der Waals surface area contributed by atoms with Gasteiger partial charge >= 0.3 is 0 Å². The van der Waals surface area contributed by atoms with E-state index in [1.165, 1.54) is 121 Å². The molecule has 25 heavy (non-hydrogen) atoms. The van der Waals surface area contributed by atoms with Crippen molar-refractivity contribution >= 4 is 0 Å². The SMILES string of the molecule is CCCCCCCC[N+]1(CCCCCCCC)CC(CC)C(CC)C1. The van der Waals surface area contributed by atoms with E-state index < -0.39 is 0 Å². The minimum absolute atomic E-state index is 1.00. The van der Waals surface area contributed by atoms with Crippen molar-refractivity contribution in [2.24, 2.45) is 11.8 Å². The Morgan fingerprint density at radius 3 is 1.24 bits per heavy atom. The molecule has 0 radical (unpaired) electrons. The molecule has 1 heterocycles. The van der Waals surface area contributed by atoms with Gasteiger partial charge in [0.2, 0.25) is 0 Å². The van der Waals surface area contributed by atoms with Gasteiger partial charge in [0.25, 0.3) is 0 Å². The van der Waals surface area contributed by atoms with Crippen LogP contribution in [0, 0.1) is 11.8 Å². The van der Waals surface area contributed by atoms with E-state index >= 15 is 0 Å². The van der Waals surface area contributed by atoms with Crippen LogP contribution < -0.4 is 0 Å². The van der Waals surface area contributed by atoms with Gasteiger partial charge < -0.3 is 4.48 Å². The quantitative estimate of drug-likeness (QED) is 0.198. The summed E-state index contributed by atoms with van der Waals surface area (Å²) in [6.07, 6.45) is 20.2. The van der Waals surface area contributed by atoms with Crippen LogP contribution >= 0.6 is 0 Å². The number of rotatable bonds is 16. The van der Waals surface area contributed by atoms with Crippen molar-refractivity contribution < 1.29 is 4.48 Å². The monoisotopic (exact) mass is 352 g/mol. The second kappa shape index (κ2) is 14.1. The van der Waals surface area contributed by atoms with Crippen LogP contribution in [-0.2, 0) is 0 Å². The summed E-state index contributed by atoms with van der Waals surface area (Å²) in [6, 6.07) is 0. The minimum atomic E-state index is 1.00. The summed E-state index contributed by atoms with van der Waals surface area (Å²) < 4.78 is 1.48. The standard InChI is InChI=1S/C24H50N/c1-5-9-11-13-15-17-19-25(20-18-16-14-12-10-6-2)21-23(7-3)24(8-4)22-25/h23-24H,5-22H2,1-4H3/q+1. The topological polar surface area (TPSA) is 0 Å². The zero-order chi connectivity index (χ0) is 18.4. The van der Waals surface area contributed by atoms with E-state index in [4.69, 9.17) is 0 Å². The zero-order valence-electron chi connectivity index (χ0n) is 18.3. The third-order valence-corrected chi connectivity index (χ3v) is 6.93. The summed E-state index contributed by atoms with van der Waals surface area (Å²) >= 11 is 0. The van der Waals surface area contributed by atoms with Gasteiger partial charge in [-0.05, 0) is 38.5 Å². The van der Waals surface area contributed by atoms with Crippen molar-refractivity contribution in [2.45, 2.75) is 118 Å². The van der Waals surface area contributed by atoms with E-state index in [1.807, 2.05) is 0 Å². The second-order valence-electron chi connectivity index (χ2n) is 9.03. The predicted molar refractivity (Wildman–Crippen MR) is 114 cm³/mol. The molecule has 0 spiro atoms. The zero-order valence-corrected chi connectivity index (χ0v) is 18.3. The average Bonchev–Trinajstić information content (AvgIpc) is 2.99. The lowest BCUT2D eigenvalue weighted by Crippen LogP contribution is -2.47. The number of quaternary nitrogens is 1. The molecule has 1 saturated heterocycles.